The van der Waals surface area contributed by atoms with Crippen molar-refractivity contribution in [2.24, 2.45) is 0 Å². The summed E-state index contributed by atoms with van der Waals surface area (Å²) in [5.74, 6) is 0. The van der Waals surface area contributed by atoms with Crippen LogP contribution in [0.3, 0.4) is 0 Å². The van der Waals surface area contributed by atoms with E-state index < -0.39 is 0 Å². The molecule has 0 radical (unpaired) electrons. The van der Waals surface area contributed by atoms with Crippen molar-refractivity contribution in [3.05, 3.63) is 23.0 Å². The summed E-state index contributed by atoms with van der Waals surface area (Å²) < 4.78 is 7.56. The molecule has 2 aromatic heterocycles. The number of imidazole rings is 1. The van der Waals surface area contributed by atoms with E-state index in [1.54, 1.807) is 10.9 Å². The fraction of sp³-hybridized carbons (Fsp3) is 0.545. The summed E-state index contributed by atoms with van der Waals surface area (Å²) >= 11 is 0. The first kappa shape index (κ1) is 11.8. The number of nitrogens with one attached hydrogen (secondary N) is 1. The Morgan fingerprint density at radius 3 is 2.88 bits per heavy atom. The van der Waals surface area contributed by atoms with E-state index >= 15 is 0 Å². The van der Waals surface area contributed by atoms with Gasteiger partial charge < -0.3 is 9.72 Å². The molecular weight excluding hydrogens is 220 g/mol. The maximum absolute atomic E-state index is 11.5. The van der Waals surface area contributed by atoms with Gasteiger partial charge in [-0.25, -0.2) is 9.97 Å². The summed E-state index contributed by atoms with van der Waals surface area (Å²) in [5.41, 5.74) is 0.674. The van der Waals surface area contributed by atoms with E-state index in [1.165, 1.54) is 6.33 Å². The molecule has 1 N–H and O–H groups in total. The van der Waals surface area contributed by atoms with Gasteiger partial charge in [-0.2, -0.15) is 0 Å². The highest BCUT2D eigenvalue weighted by Gasteiger charge is 2.16. The zero-order valence-corrected chi connectivity index (χ0v) is 10.2. The van der Waals surface area contributed by atoms with E-state index in [4.69, 9.17) is 4.74 Å². The van der Waals surface area contributed by atoms with Crippen LogP contribution in [-0.2, 0) is 4.74 Å². The average molecular weight is 236 g/mol. The molecule has 6 heteroatoms. The van der Waals surface area contributed by atoms with Gasteiger partial charge in [-0.3, -0.25) is 9.36 Å². The predicted octanol–water partition coefficient (Wildman–Crippen LogP) is 1.45. The molecule has 1 atom stereocenters. The molecule has 0 aromatic carbocycles. The normalized spacial score (nSPS) is 13.4. The summed E-state index contributed by atoms with van der Waals surface area (Å²) in [5, 5.41) is 0. The molecule has 0 amide bonds. The van der Waals surface area contributed by atoms with Gasteiger partial charge >= 0.3 is 0 Å². The third kappa shape index (κ3) is 2.21. The average Bonchev–Trinajstić information content (AvgIpc) is 2.71. The van der Waals surface area contributed by atoms with Crippen molar-refractivity contribution in [2.75, 3.05) is 0 Å². The molecule has 2 heterocycles. The van der Waals surface area contributed by atoms with Gasteiger partial charge in [0.1, 0.15) is 6.23 Å². The third-order valence-corrected chi connectivity index (χ3v) is 2.45. The van der Waals surface area contributed by atoms with Crippen LogP contribution in [0, 0.1) is 0 Å². The fourth-order valence-corrected chi connectivity index (χ4v) is 1.75. The number of H-pyrrole nitrogens is 1. The standard InChI is InChI=1S/C11H16N4O2/c1-4-8(17-7(2)3)15-6-14-9-10(15)12-5-13-11(9)16/h5-8H,4H2,1-3H3,(H,12,13,16)/t8-/m0/s1. The molecule has 92 valence electrons. The zero-order valence-electron chi connectivity index (χ0n) is 10.2. The fourth-order valence-electron chi connectivity index (χ4n) is 1.75. The maximum atomic E-state index is 11.5. The van der Waals surface area contributed by atoms with E-state index in [9.17, 15) is 4.79 Å². The Balaban J connectivity index is 2.47. The van der Waals surface area contributed by atoms with Gasteiger partial charge in [-0.1, -0.05) is 6.92 Å². The van der Waals surface area contributed by atoms with Gasteiger partial charge in [-0.15, -0.1) is 0 Å². The molecule has 17 heavy (non-hydrogen) atoms. The van der Waals surface area contributed by atoms with Crippen molar-refractivity contribution in [1.29, 1.82) is 0 Å². The molecule has 6 nitrogen and oxygen atoms in total. The van der Waals surface area contributed by atoms with Crippen LogP contribution in [0.1, 0.15) is 33.4 Å². The van der Waals surface area contributed by atoms with Crippen molar-refractivity contribution in [3.8, 4) is 0 Å². The van der Waals surface area contributed by atoms with E-state index in [2.05, 4.69) is 15.0 Å². The molecule has 0 spiro atoms. The van der Waals surface area contributed by atoms with Crippen LogP contribution >= 0.6 is 0 Å². The number of rotatable bonds is 4. The van der Waals surface area contributed by atoms with E-state index in [0.717, 1.165) is 6.42 Å². The maximum Gasteiger partial charge on any atom is 0.278 e. The summed E-state index contributed by atoms with van der Waals surface area (Å²) in [6.07, 6.45) is 3.74. The van der Waals surface area contributed by atoms with Crippen molar-refractivity contribution in [3.63, 3.8) is 0 Å². The SMILES string of the molecule is CC[C@H](OC(C)C)n1cnc2c(=O)[nH]cnc21. The minimum Gasteiger partial charge on any atom is -0.355 e. The van der Waals surface area contributed by atoms with Gasteiger partial charge in [0.15, 0.2) is 11.2 Å². The second-order valence-corrected chi connectivity index (χ2v) is 4.10. The van der Waals surface area contributed by atoms with Crippen LogP contribution < -0.4 is 5.56 Å². The van der Waals surface area contributed by atoms with E-state index in [0.29, 0.717) is 11.2 Å². The van der Waals surface area contributed by atoms with Crippen LogP contribution in [-0.4, -0.2) is 25.6 Å². The lowest BCUT2D eigenvalue weighted by Crippen LogP contribution is -2.17. The highest BCUT2D eigenvalue weighted by Crippen LogP contribution is 2.18. The lowest BCUT2D eigenvalue weighted by atomic mass is 10.4. The first-order chi connectivity index (χ1) is 8.13. The van der Waals surface area contributed by atoms with E-state index in [-0.39, 0.29) is 17.9 Å². The molecule has 2 aromatic rings. The Bertz CT molecular complexity index is 558. The summed E-state index contributed by atoms with van der Waals surface area (Å²) in [6.45, 7) is 5.97. The largest absolute Gasteiger partial charge is 0.355 e. The highest BCUT2D eigenvalue weighted by atomic mass is 16.5. The smallest absolute Gasteiger partial charge is 0.278 e. The number of aromatic amines is 1. The predicted molar refractivity (Wildman–Crippen MR) is 63.7 cm³/mol. The number of nitrogens with zero attached hydrogens (tertiary/aromatic N) is 3. The number of fused-ring (bicyclic) bond motifs is 1. The second-order valence-electron chi connectivity index (χ2n) is 4.10. The monoisotopic (exact) mass is 236 g/mol. The molecule has 0 aliphatic rings. The van der Waals surface area contributed by atoms with Gasteiger partial charge in [0.2, 0.25) is 0 Å². The van der Waals surface area contributed by atoms with Gasteiger partial charge in [0.25, 0.3) is 5.56 Å². The lowest BCUT2D eigenvalue weighted by Gasteiger charge is -2.20. The molecule has 2 rings (SSSR count). The lowest BCUT2D eigenvalue weighted by molar-refractivity contribution is -0.0371. The van der Waals surface area contributed by atoms with Gasteiger partial charge in [0.05, 0.1) is 18.8 Å². The van der Waals surface area contributed by atoms with Crippen LogP contribution in [0.15, 0.2) is 17.4 Å². The first-order valence-corrected chi connectivity index (χ1v) is 5.69. The summed E-state index contributed by atoms with van der Waals surface area (Å²) in [6, 6.07) is 0. The van der Waals surface area contributed by atoms with E-state index in [1.807, 2.05) is 20.8 Å². The second kappa shape index (κ2) is 4.67. The first-order valence-electron chi connectivity index (χ1n) is 5.69. The Morgan fingerprint density at radius 2 is 2.24 bits per heavy atom. The number of aromatic nitrogens is 4. The quantitative estimate of drug-likeness (QED) is 0.872. The molecule has 0 fully saturated rings. The zero-order chi connectivity index (χ0) is 12.4. The minimum atomic E-state index is -0.229. The molecule has 0 unspecified atom stereocenters. The van der Waals surface area contributed by atoms with Crippen molar-refractivity contribution in [2.45, 2.75) is 39.5 Å². The Kier molecular flexibility index (Phi) is 3.23. The Hall–Kier alpha value is -1.69. The van der Waals surface area contributed by atoms with Crippen molar-refractivity contribution >= 4 is 11.2 Å². The molecule has 0 aliphatic heterocycles. The van der Waals surface area contributed by atoms with Crippen LogP contribution in [0.2, 0.25) is 0 Å². The van der Waals surface area contributed by atoms with Crippen LogP contribution in [0.25, 0.3) is 11.2 Å². The Morgan fingerprint density at radius 1 is 1.47 bits per heavy atom. The molecule has 0 bridgehead atoms. The summed E-state index contributed by atoms with van der Waals surface area (Å²) in [7, 11) is 0. The van der Waals surface area contributed by atoms with Gasteiger partial charge in [-0.05, 0) is 20.3 Å². The molecule has 0 aliphatic carbocycles. The highest BCUT2D eigenvalue weighted by molar-refractivity contribution is 5.68. The Labute approximate surface area is 98.7 Å². The van der Waals surface area contributed by atoms with Gasteiger partial charge in [0, 0.05) is 0 Å². The van der Waals surface area contributed by atoms with Crippen molar-refractivity contribution in [1.82, 2.24) is 19.5 Å². The number of hydrogen-bond acceptors (Lipinski definition) is 4. The molecule has 0 saturated carbocycles. The molecule has 0 saturated heterocycles. The number of ether oxygens (including phenoxy) is 1. The minimum absolute atomic E-state index is 0.111. The van der Waals surface area contributed by atoms with Crippen LogP contribution in [0.5, 0.6) is 0 Å². The third-order valence-electron chi connectivity index (χ3n) is 2.45. The summed E-state index contributed by atoms with van der Waals surface area (Å²) in [4.78, 5) is 22.2. The topological polar surface area (TPSA) is 72.8 Å². The number of hydrogen-bond donors (Lipinski definition) is 1. The van der Waals surface area contributed by atoms with Crippen LogP contribution in [0.4, 0.5) is 0 Å². The van der Waals surface area contributed by atoms with Crippen molar-refractivity contribution < 1.29 is 4.74 Å². The molecular formula is C11H16N4O2.